The number of amides is 2. The molecule has 0 unspecified atom stereocenters. The molecule has 4 rings (SSSR count). The molecule has 1 aliphatic heterocycles. The number of hydrogen-bond acceptors (Lipinski definition) is 7. The molecular weight excluding hydrogens is 460 g/mol. The number of primary sulfonamides is 1. The fourth-order valence-corrected chi connectivity index (χ4v) is 3.98. The molecule has 0 aliphatic carbocycles. The number of benzene rings is 3. The molecule has 0 spiro atoms. The van der Waals surface area contributed by atoms with Gasteiger partial charge in [-0.25, -0.2) is 18.4 Å². The zero-order valence-corrected chi connectivity index (χ0v) is 18.7. The summed E-state index contributed by atoms with van der Waals surface area (Å²) in [5.41, 5.74) is 1.60. The van der Waals surface area contributed by atoms with Crippen molar-refractivity contribution in [3.8, 4) is 5.75 Å². The second-order valence-electron chi connectivity index (χ2n) is 7.44. The number of carbonyl (C=O) groups excluding carboxylic acids is 3. The normalized spacial score (nSPS) is 13.0. The maximum atomic E-state index is 12.6. The molecular formula is C24H20N2O7S. The van der Waals surface area contributed by atoms with E-state index in [1.54, 1.807) is 48.5 Å². The van der Waals surface area contributed by atoms with Crippen LogP contribution in [0.5, 0.6) is 5.75 Å². The van der Waals surface area contributed by atoms with E-state index < -0.39 is 16.0 Å². The number of fused-ring (bicyclic) bond motifs is 1. The van der Waals surface area contributed by atoms with Crippen LogP contribution in [0.3, 0.4) is 0 Å². The standard InChI is InChI=1S/C24H20N2O7S/c25-34(30,31)19-10-8-18(9-11-19)32-12-13-33-24(29)17-5-3-4-16(14-17)15-26-22(27)20-6-1-2-7-21(20)23(26)28/h1-11,14H,12-13,15H2,(H2,25,30,31). The molecule has 2 N–H and O–H groups in total. The second-order valence-corrected chi connectivity index (χ2v) is 9.00. The van der Waals surface area contributed by atoms with E-state index in [1.165, 1.54) is 24.3 Å². The number of hydrogen-bond donors (Lipinski definition) is 1. The van der Waals surface area contributed by atoms with Gasteiger partial charge in [0.15, 0.2) is 0 Å². The number of nitrogens with zero attached hydrogens (tertiary/aromatic N) is 1. The van der Waals surface area contributed by atoms with Gasteiger partial charge in [-0.2, -0.15) is 0 Å². The highest BCUT2D eigenvalue weighted by Gasteiger charge is 2.35. The summed E-state index contributed by atoms with van der Waals surface area (Å²) in [4.78, 5) is 38.6. The van der Waals surface area contributed by atoms with E-state index in [4.69, 9.17) is 14.6 Å². The molecule has 1 heterocycles. The average molecular weight is 480 g/mol. The van der Waals surface area contributed by atoms with Gasteiger partial charge in [0.1, 0.15) is 19.0 Å². The first-order chi connectivity index (χ1) is 16.2. The first-order valence-corrected chi connectivity index (χ1v) is 11.8. The van der Waals surface area contributed by atoms with Crippen molar-refractivity contribution in [3.05, 3.63) is 95.1 Å². The summed E-state index contributed by atoms with van der Waals surface area (Å²) >= 11 is 0. The van der Waals surface area contributed by atoms with Crippen molar-refractivity contribution >= 4 is 27.8 Å². The first-order valence-electron chi connectivity index (χ1n) is 10.2. The van der Waals surface area contributed by atoms with Gasteiger partial charge in [-0.05, 0) is 54.1 Å². The minimum Gasteiger partial charge on any atom is -0.490 e. The SMILES string of the molecule is NS(=O)(=O)c1ccc(OCCOC(=O)c2cccc(CN3C(=O)c4ccccc4C3=O)c2)cc1. The minimum absolute atomic E-state index is 0.0328. The highest BCUT2D eigenvalue weighted by atomic mass is 32.2. The Morgan fingerprint density at radius 3 is 2.12 bits per heavy atom. The number of carbonyl (C=O) groups is 3. The summed E-state index contributed by atoms with van der Waals surface area (Å²) in [6.45, 7) is 0.0404. The van der Waals surface area contributed by atoms with Crippen molar-refractivity contribution in [2.24, 2.45) is 5.14 Å². The van der Waals surface area contributed by atoms with Crippen LogP contribution in [0.1, 0.15) is 36.6 Å². The van der Waals surface area contributed by atoms with Gasteiger partial charge in [-0.1, -0.05) is 24.3 Å². The fraction of sp³-hybridized carbons (Fsp3) is 0.125. The molecule has 0 atom stereocenters. The molecule has 0 saturated carbocycles. The van der Waals surface area contributed by atoms with Crippen LogP contribution in [0.25, 0.3) is 0 Å². The van der Waals surface area contributed by atoms with Crippen molar-refractivity contribution in [2.75, 3.05) is 13.2 Å². The summed E-state index contributed by atoms with van der Waals surface area (Å²) in [6.07, 6.45) is 0. The van der Waals surface area contributed by atoms with Crippen LogP contribution in [0, 0.1) is 0 Å². The first kappa shape index (κ1) is 23.1. The van der Waals surface area contributed by atoms with Crippen LogP contribution in [0.4, 0.5) is 0 Å². The lowest BCUT2D eigenvalue weighted by Crippen LogP contribution is -2.29. The highest BCUT2D eigenvalue weighted by molar-refractivity contribution is 7.89. The Morgan fingerprint density at radius 2 is 1.50 bits per heavy atom. The molecule has 0 radical (unpaired) electrons. The Hall–Kier alpha value is -4.02. The molecule has 3 aromatic carbocycles. The zero-order valence-electron chi connectivity index (χ0n) is 17.8. The van der Waals surface area contributed by atoms with Crippen LogP contribution >= 0.6 is 0 Å². The van der Waals surface area contributed by atoms with Gasteiger partial charge >= 0.3 is 5.97 Å². The summed E-state index contributed by atoms with van der Waals surface area (Å²) in [5, 5.41) is 5.04. The van der Waals surface area contributed by atoms with E-state index in [-0.39, 0.29) is 42.0 Å². The molecule has 1 aliphatic rings. The van der Waals surface area contributed by atoms with Gasteiger partial charge in [0.25, 0.3) is 11.8 Å². The Bertz CT molecular complexity index is 1330. The fourth-order valence-electron chi connectivity index (χ4n) is 3.46. The van der Waals surface area contributed by atoms with E-state index in [1.807, 2.05) is 0 Å². The highest BCUT2D eigenvalue weighted by Crippen LogP contribution is 2.24. The summed E-state index contributed by atoms with van der Waals surface area (Å²) in [6, 6.07) is 18.7. The maximum absolute atomic E-state index is 12.6. The number of ether oxygens (including phenoxy) is 2. The third-order valence-corrected chi connectivity index (χ3v) is 6.05. The largest absolute Gasteiger partial charge is 0.490 e. The topological polar surface area (TPSA) is 133 Å². The number of imide groups is 1. The monoisotopic (exact) mass is 480 g/mol. The van der Waals surface area contributed by atoms with Gasteiger partial charge in [-0.15, -0.1) is 0 Å². The van der Waals surface area contributed by atoms with Crippen LogP contribution in [0.2, 0.25) is 0 Å². The maximum Gasteiger partial charge on any atom is 0.338 e. The van der Waals surface area contributed by atoms with E-state index in [2.05, 4.69) is 0 Å². The third kappa shape index (κ3) is 4.98. The molecule has 174 valence electrons. The van der Waals surface area contributed by atoms with Gasteiger partial charge in [0.2, 0.25) is 10.0 Å². The predicted molar refractivity (Wildman–Crippen MR) is 121 cm³/mol. The summed E-state index contributed by atoms with van der Waals surface area (Å²) in [7, 11) is -3.78. The molecule has 0 bridgehead atoms. The lowest BCUT2D eigenvalue weighted by Gasteiger charge is -2.14. The number of sulfonamides is 1. The van der Waals surface area contributed by atoms with Crippen LogP contribution < -0.4 is 9.88 Å². The molecule has 10 heteroatoms. The second kappa shape index (κ2) is 9.46. The number of nitrogens with two attached hydrogens (primary N) is 1. The van der Waals surface area contributed by atoms with Crippen molar-refractivity contribution in [1.29, 1.82) is 0 Å². The van der Waals surface area contributed by atoms with Crippen molar-refractivity contribution in [3.63, 3.8) is 0 Å². The van der Waals surface area contributed by atoms with Crippen LogP contribution in [-0.4, -0.2) is 44.3 Å². The lowest BCUT2D eigenvalue weighted by atomic mass is 10.1. The molecule has 3 aromatic rings. The number of rotatable bonds is 8. The van der Waals surface area contributed by atoms with Crippen LogP contribution in [0.15, 0.2) is 77.7 Å². The Morgan fingerprint density at radius 1 is 0.853 bits per heavy atom. The van der Waals surface area contributed by atoms with E-state index in [0.29, 0.717) is 22.4 Å². The van der Waals surface area contributed by atoms with E-state index >= 15 is 0 Å². The van der Waals surface area contributed by atoms with E-state index in [0.717, 1.165) is 4.90 Å². The summed E-state index contributed by atoms with van der Waals surface area (Å²) in [5.74, 6) is -0.936. The van der Waals surface area contributed by atoms with Crippen molar-refractivity contribution < 1.29 is 32.3 Å². The summed E-state index contributed by atoms with van der Waals surface area (Å²) < 4.78 is 33.2. The van der Waals surface area contributed by atoms with Crippen molar-refractivity contribution in [2.45, 2.75) is 11.4 Å². The van der Waals surface area contributed by atoms with Gasteiger partial charge < -0.3 is 9.47 Å². The quantitative estimate of drug-likeness (QED) is 0.297. The predicted octanol–water partition coefficient (Wildman–Crippen LogP) is 2.37. The zero-order chi connectivity index (χ0) is 24.3. The Balaban J connectivity index is 1.31. The van der Waals surface area contributed by atoms with Crippen LogP contribution in [-0.2, 0) is 21.3 Å². The molecule has 0 aromatic heterocycles. The van der Waals surface area contributed by atoms with E-state index in [9.17, 15) is 22.8 Å². The Kier molecular flexibility index (Phi) is 6.44. The number of esters is 1. The molecule has 34 heavy (non-hydrogen) atoms. The molecule has 9 nitrogen and oxygen atoms in total. The van der Waals surface area contributed by atoms with Gasteiger partial charge in [-0.3, -0.25) is 14.5 Å². The van der Waals surface area contributed by atoms with Gasteiger partial charge in [0.05, 0.1) is 28.1 Å². The molecule has 0 saturated heterocycles. The Labute approximate surface area is 195 Å². The lowest BCUT2D eigenvalue weighted by molar-refractivity contribution is 0.0450. The molecule has 2 amide bonds. The third-order valence-electron chi connectivity index (χ3n) is 5.12. The average Bonchev–Trinajstić information content (AvgIpc) is 3.06. The minimum atomic E-state index is -3.78. The smallest absolute Gasteiger partial charge is 0.338 e. The molecule has 0 fully saturated rings. The van der Waals surface area contributed by atoms with Crippen molar-refractivity contribution in [1.82, 2.24) is 4.90 Å². The van der Waals surface area contributed by atoms with Gasteiger partial charge in [0, 0.05) is 0 Å².